The number of fused-ring (bicyclic) bond motifs is 9. The molecule has 0 unspecified atom stereocenters. The highest BCUT2D eigenvalue weighted by molar-refractivity contribution is 7.26. The van der Waals surface area contributed by atoms with E-state index in [2.05, 4.69) is 257 Å². The van der Waals surface area contributed by atoms with Gasteiger partial charge in [-0.2, -0.15) is 0 Å². The summed E-state index contributed by atoms with van der Waals surface area (Å²) in [6.07, 6.45) is 3.93. The summed E-state index contributed by atoms with van der Waals surface area (Å²) in [6.45, 7) is 0. The van der Waals surface area contributed by atoms with Crippen molar-refractivity contribution in [1.82, 2.24) is 4.98 Å². The molecule has 340 valence electrons. The summed E-state index contributed by atoms with van der Waals surface area (Å²) in [6, 6.07) is 88.2. The van der Waals surface area contributed by atoms with Crippen LogP contribution in [0.3, 0.4) is 0 Å². The van der Waals surface area contributed by atoms with Crippen LogP contribution in [0, 0.1) is 0 Å². The Morgan fingerprint density at radius 3 is 1.14 bits per heavy atom. The van der Waals surface area contributed by atoms with Crippen LogP contribution in [0.5, 0.6) is 0 Å². The van der Waals surface area contributed by atoms with E-state index >= 15 is 0 Å². The van der Waals surface area contributed by atoms with Gasteiger partial charge in [-0.1, -0.05) is 121 Å². The number of hydrogen-bond donors (Lipinski definition) is 0. The van der Waals surface area contributed by atoms with Crippen molar-refractivity contribution in [2.45, 2.75) is 0 Å². The van der Waals surface area contributed by atoms with Crippen LogP contribution in [0.2, 0.25) is 0 Å². The zero-order valence-corrected chi connectivity index (χ0v) is 41.2. The Hall–Kier alpha value is -8.59. The van der Waals surface area contributed by atoms with E-state index < -0.39 is 0 Å². The van der Waals surface area contributed by atoms with Crippen LogP contribution >= 0.6 is 34.0 Å². The first-order valence-electron chi connectivity index (χ1n) is 24.1. The van der Waals surface area contributed by atoms with Crippen LogP contribution in [0.25, 0.3) is 71.6 Å². The molecule has 0 atom stereocenters. The predicted octanol–water partition coefficient (Wildman–Crippen LogP) is 20.3. The molecule has 0 aliphatic carbocycles. The lowest BCUT2D eigenvalue weighted by Gasteiger charge is -2.28. The van der Waals surface area contributed by atoms with Crippen molar-refractivity contribution in [1.29, 1.82) is 0 Å². The second kappa shape index (κ2) is 17.7. The molecule has 0 N–H and O–H groups in total. The van der Waals surface area contributed by atoms with E-state index in [9.17, 15) is 0 Å². The monoisotopic (exact) mass is 974 g/mol. The van der Waals surface area contributed by atoms with Crippen molar-refractivity contribution in [3.8, 4) is 11.1 Å². The van der Waals surface area contributed by atoms with Crippen molar-refractivity contribution < 1.29 is 0 Å². The Labute approximate surface area is 428 Å². The number of anilines is 9. The predicted molar refractivity (Wildman–Crippen MR) is 312 cm³/mol. The lowest BCUT2D eigenvalue weighted by molar-refractivity contribution is 1.23. The molecule has 0 saturated carbocycles. The lowest BCUT2D eigenvalue weighted by Crippen LogP contribution is -2.12. The molecule has 7 heteroatoms. The van der Waals surface area contributed by atoms with Crippen molar-refractivity contribution in [2.75, 3.05) is 14.7 Å². The molecule has 10 aromatic carbocycles. The number of nitrogens with zero attached hydrogens (tertiary/aromatic N) is 4. The van der Waals surface area contributed by atoms with Gasteiger partial charge >= 0.3 is 0 Å². The summed E-state index contributed by atoms with van der Waals surface area (Å²) >= 11 is 5.54. The maximum Gasteiger partial charge on any atom is 0.0651 e. The van der Waals surface area contributed by atoms with Gasteiger partial charge in [-0.05, 0) is 127 Å². The van der Waals surface area contributed by atoms with Gasteiger partial charge in [0, 0.05) is 118 Å². The van der Waals surface area contributed by atoms with Gasteiger partial charge in [-0.15, -0.1) is 34.0 Å². The first-order valence-corrected chi connectivity index (χ1v) is 26.5. The number of rotatable bonds is 10. The summed E-state index contributed by atoms with van der Waals surface area (Å²) in [5.41, 5.74) is 12.0. The molecule has 14 rings (SSSR count). The van der Waals surface area contributed by atoms with Crippen molar-refractivity contribution in [3.05, 3.63) is 255 Å². The third-order valence-electron chi connectivity index (χ3n) is 13.7. The quantitative estimate of drug-likeness (QED) is 0.136. The fourth-order valence-corrected chi connectivity index (χ4v) is 13.7. The number of hydrogen-bond acceptors (Lipinski definition) is 7. The van der Waals surface area contributed by atoms with Gasteiger partial charge in [-0.3, -0.25) is 4.98 Å². The normalized spacial score (nSPS) is 11.6. The minimum atomic E-state index is 0.991. The first-order chi connectivity index (χ1) is 35.7. The highest BCUT2D eigenvalue weighted by atomic mass is 32.1. The van der Waals surface area contributed by atoms with Crippen LogP contribution in [-0.2, 0) is 0 Å². The van der Waals surface area contributed by atoms with Gasteiger partial charge in [0.25, 0.3) is 0 Å². The largest absolute Gasteiger partial charge is 0.310 e. The molecule has 0 radical (unpaired) electrons. The standard InChI is InChI=1S/C65H42N4S3/c1-4-14-43(15-5-1)44-36-53(42-66-41-44)69(52-30-32-56-54-20-10-12-22-60(54)71-63(56)40-52)48-26-24-47(25-27-48)68(49-31-35-62-59(37-49)55-21-11-13-23-61(55)70-62)51-29-34-58-57-33-28-50(38-64(57)72-65(58)39-51)67(45-16-6-2-7-17-45)46-18-8-3-9-19-46/h1-42H. The number of para-hydroxylation sites is 2. The van der Waals surface area contributed by atoms with Crippen molar-refractivity contribution in [2.24, 2.45) is 0 Å². The average molecular weight is 975 g/mol. The Morgan fingerprint density at radius 1 is 0.222 bits per heavy atom. The maximum atomic E-state index is 4.83. The summed E-state index contributed by atoms with van der Waals surface area (Å²) < 4.78 is 7.61. The fourth-order valence-electron chi connectivity index (χ4n) is 10.3. The van der Waals surface area contributed by atoms with E-state index in [0.717, 1.165) is 62.3 Å². The highest BCUT2D eigenvalue weighted by Crippen LogP contribution is 2.47. The smallest absolute Gasteiger partial charge is 0.0651 e. The molecule has 14 aromatic rings. The molecule has 0 bridgehead atoms. The van der Waals surface area contributed by atoms with Crippen LogP contribution in [-0.4, -0.2) is 4.98 Å². The van der Waals surface area contributed by atoms with Gasteiger partial charge in [0.1, 0.15) is 0 Å². The molecule has 0 aliphatic heterocycles. The van der Waals surface area contributed by atoms with Crippen LogP contribution < -0.4 is 14.7 Å². The van der Waals surface area contributed by atoms with E-state index in [-0.39, 0.29) is 0 Å². The summed E-state index contributed by atoms with van der Waals surface area (Å²) in [5, 5.41) is 7.62. The number of aromatic nitrogens is 1. The van der Waals surface area contributed by atoms with Gasteiger partial charge in [-0.25, -0.2) is 0 Å². The fraction of sp³-hybridized carbons (Fsp3) is 0. The molecule has 4 nitrogen and oxygen atoms in total. The van der Waals surface area contributed by atoms with E-state index in [1.165, 1.54) is 60.5 Å². The maximum absolute atomic E-state index is 4.83. The summed E-state index contributed by atoms with van der Waals surface area (Å²) in [7, 11) is 0. The summed E-state index contributed by atoms with van der Waals surface area (Å²) in [4.78, 5) is 11.9. The molecule has 0 saturated heterocycles. The number of benzene rings is 10. The highest BCUT2D eigenvalue weighted by Gasteiger charge is 2.21. The first kappa shape index (κ1) is 42.3. The van der Waals surface area contributed by atoms with E-state index in [0.29, 0.717) is 0 Å². The Balaban J connectivity index is 0.903. The Bertz CT molecular complexity index is 4260. The number of thiophene rings is 3. The van der Waals surface area contributed by atoms with E-state index in [4.69, 9.17) is 4.98 Å². The van der Waals surface area contributed by atoms with E-state index in [1.807, 2.05) is 46.4 Å². The Morgan fingerprint density at radius 2 is 0.583 bits per heavy atom. The average Bonchev–Trinajstić information content (AvgIpc) is 4.13. The summed E-state index contributed by atoms with van der Waals surface area (Å²) in [5.74, 6) is 0. The molecular weight excluding hydrogens is 933 g/mol. The minimum absolute atomic E-state index is 0.991. The zero-order valence-electron chi connectivity index (χ0n) is 38.8. The zero-order chi connectivity index (χ0) is 47.5. The molecule has 0 spiro atoms. The van der Waals surface area contributed by atoms with E-state index in [1.54, 1.807) is 0 Å². The van der Waals surface area contributed by atoms with Crippen molar-refractivity contribution in [3.63, 3.8) is 0 Å². The van der Waals surface area contributed by atoms with Gasteiger partial charge in [0.15, 0.2) is 0 Å². The third kappa shape index (κ3) is 7.45. The van der Waals surface area contributed by atoms with Gasteiger partial charge in [0.05, 0.1) is 11.9 Å². The topological polar surface area (TPSA) is 22.6 Å². The Kier molecular flexibility index (Phi) is 10.4. The molecular formula is C65H42N4S3. The lowest BCUT2D eigenvalue weighted by atomic mass is 10.1. The van der Waals surface area contributed by atoms with Crippen LogP contribution in [0.15, 0.2) is 255 Å². The molecule has 72 heavy (non-hydrogen) atoms. The third-order valence-corrected chi connectivity index (χ3v) is 17.1. The minimum Gasteiger partial charge on any atom is -0.310 e. The SMILES string of the molecule is c1ccc(-c2cncc(N(c3ccc(N(c4ccc5c(c4)sc4cc(N(c6ccccc6)c6ccccc6)ccc45)c4ccc5sc6ccccc6c5c4)cc3)c3ccc4c(c3)sc3ccccc34)c2)cc1. The second-order valence-corrected chi connectivity index (χ2v) is 21.3. The molecule has 4 heterocycles. The molecule has 4 aromatic heterocycles. The molecule has 0 fully saturated rings. The molecule has 0 aliphatic rings. The molecule has 0 amide bonds. The van der Waals surface area contributed by atoms with Crippen LogP contribution in [0.4, 0.5) is 51.2 Å². The second-order valence-electron chi connectivity index (χ2n) is 18.0. The van der Waals surface area contributed by atoms with Gasteiger partial charge < -0.3 is 14.7 Å². The van der Waals surface area contributed by atoms with Gasteiger partial charge in [0.2, 0.25) is 0 Å². The number of pyridine rings is 1. The van der Waals surface area contributed by atoms with Crippen molar-refractivity contribution >= 4 is 146 Å². The van der Waals surface area contributed by atoms with Crippen LogP contribution in [0.1, 0.15) is 0 Å².